The summed E-state index contributed by atoms with van der Waals surface area (Å²) < 4.78 is 39.8. The summed E-state index contributed by atoms with van der Waals surface area (Å²) in [6.45, 7) is -1.81. The zero-order valence-electron chi connectivity index (χ0n) is 8.51. The minimum absolute atomic E-state index is 0.228. The molecule has 1 N–H and O–H groups in total. The lowest BCUT2D eigenvalue weighted by Gasteiger charge is -2.07. The van der Waals surface area contributed by atoms with E-state index in [0.29, 0.717) is 4.34 Å². The van der Waals surface area contributed by atoms with Crippen molar-refractivity contribution in [3.8, 4) is 0 Å². The van der Waals surface area contributed by atoms with Gasteiger partial charge in [-0.05, 0) is 12.1 Å². The number of hydrogen-bond acceptors (Lipinski definition) is 3. The Morgan fingerprint density at radius 2 is 2.18 bits per heavy atom. The number of nitrogens with one attached hydrogen (secondary N) is 1. The number of alkyl halides is 3. The number of carbonyl (C=O) groups is 1. The van der Waals surface area contributed by atoms with Crippen LogP contribution in [0.2, 0.25) is 4.34 Å². The molecule has 8 heteroatoms. The molecule has 3 nitrogen and oxygen atoms in total. The standard InChI is InChI=1S/C9H9ClF3NO2S/c10-7-2-1-6(17-7)3-14-8(15)4-16-5-9(11,12)13/h1-2H,3-5H2,(H,14,15). The highest BCUT2D eigenvalue weighted by Crippen LogP contribution is 2.20. The number of amides is 1. The third-order valence-corrected chi connectivity index (χ3v) is 2.82. The average Bonchev–Trinajstić information content (AvgIpc) is 2.59. The Kier molecular flexibility index (Phi) is 5.23. The van der Waals surface area contributed by atoms with Crippen molar-refractivity contribution < 1.29 is 22.7 Å². The zero-order chi connectivity index (χ0) is 12.9. The molecule has 0 aliphatic carbocycles. The predicted molar refractivity (Wildman–Crippen MR) is 58.0 cm³/mol. The summed E-state index contributed by atoms with van der Waals surface area (Å²) in [5.74, 6) is -0.598. The van der Waals surface area contributed by atoms with Crippen LogP contribution in [0.3, 0.4) is 0 Å². The first kappa shape index (κ1) is 14.3. The van der Waals surface area contributed by atoms with Gasteiger partial charge in [0.25, 0.3) is 0 Å². The van der Waals surface area contributed by atoms with Crippen LogP contribution < -0.4 is 5.32 Å². The van der Waals surface area contributed by atoms with Gasteiger partial charge in [0.05, 0.1) is 10.9 Å². The number of hydrogen-bond donors (Lipinski definition) is 1. The first-order valence-electron chi connectivity index (χ1n) is 4.52. The molecular weight excluding hydrogens is 279 g/mol. The lowest BCUT2D eigenvalue weighted by Crippen LogP contribution is -2.29. The molecule has 0 aliphatic heterocycles. The topological polar surface area (TPSA) is 38.3 Å². The molecule has 0 aliphatic rings. The van der Waals surface area contributed by atoms with E-state index in [1.54, 1.807) is 12.1 Å². The van der Waals surface area contributed by atoms with Crippen LogP contribution in [0.25, 0.3) is 0 Å². The van der Waals surface area contributed by atoms with Crippen molar-refractivity contribution in [3.63, 3.8) is 0 Å². The summed E-state index contributed by atoms with van der Waals surface area (Å²) in [6.07, 6.45) is -4.42. The summed E-state index contributed by atoms with van der Waals surface area (Å²) >= 11 is 6.95. The normalized spacial score (nSPS) is 11.5. The van der Waals surface area contributed by atoms with Crippen LogP contribution in [0.5, 0.6) is 0 Å². The molecule has 96 valence electrons. The molecule has 1 aromatic rings. The van der Waals surface area contributed by atoms with Gasteiger partial charge in [0, 0.05) is 4.88 Å². The molecule has 0 saturated heterocycles. The fourth-order valence-corrected chi connectivity index (χ4v) is 1.97. The van der Waals surface area contributed by atoms with E-state index in [4.69, 9.17) is 11.6 Å². The Morgan fingerprint density at radius 1 is 1.47 bits per heavy atom. The minimum Gasteiger partial charge on any atom is -0.362 e. The first-order valence-corrected chi connectivity index (χ1v) is 5.72. The second-order valence-electron chi connectivity index (χ2n) is 3.09. The average molecular weight is 288 g/mol. The smallest absolute Gasteiger partial charge is 0.362 e. The van der Waals surface area contributed by atoms with Gasteiger partial charge in [0.2, 0.25) is 5.91 Å². The SMILES string of the molecule is O=C(COCC(F)(F)F)NCc1ccc(Cl)s1. The van der Waals surface area contributed by atoms with E-state index < -0.39 is 25.3 Å². The highest BCUT2D eigenvalue weighted by Gasteiger charge is 2.27. The summed E-state index contributed by atoms with van der Waals surface area (Å²) in [5, 5.41) is 2.42. The Bertz CT molecular complexity index is 381. The summed E-state index contributed by atoms with van der Waals surface area (Å²) in [6, 6.07) is 3.40. The van der Waals surface area contributed by atoms with E-state index in [9.17, 15) is 18.0 Å². The molecule has 0 fully saturated rings. The number of carbonyl (C=O) groups excluding carboxylic acids is 1. The van der Waals surface area contributed by atoms with Gasteiger partial charge < -0.3 is 10.1 Å². The molecule has 1 amide bonds. The predicted octanol–water partition coefficient (Wildman–Crippen LogP) is 2.60. The van der Waals surface area contributed by atoms with Gasteiger partial charge in [-0.15, -0.1) is 11.3 Å². The van der Waals surface area contributed by atoms with Gasteiger partial charge in [0.1, 0.15) is 13.2 Å². The lowest BCUT2D eigenvalue weighted by atomic mass is 10.4. The molecule has 1 rings (SSSR count). The second kappa shape index (κ2) is 6.23. The van der Waals surface area contributed by atoms with E-state index in [2.05, 4.69) is 10.1 Å². The van der Waals surface area contributed by atoms with E-state index in [1.165, 1.54) is 11.3 Å². The van der Waals surface area contributed by atoms with Crippen LogP contribution in [-0.2, 0) is 16.1 Å². The summed E-state index contributed by atoms with van der Waals surface area (Å²) in [5.41, 5.74) is 0. The maximum atomic E-state index is 11.7. The van der Waals surface area contributed by atoms with Crippen molar-refractivity contribution in [2.45, 2.75) is 12.7 Å². The third kappa shape index (κ3) is 6.50. The molecular formula is C9H9ClF3NO2S. The quantitative estimate of drug-likeness (QED) is 0.904. The van der Waals surface area contributed by atoms with Crippen LogP contribution >= 0.6 is 22.9 Å². The van der Waals surface area contributed by atoms with Gasteiger partial charge in [0.15, 0.2) is 0 Å². The largest absolute Gasteiger partial charge is 0.411 e. The monoisotopic (exact) mass is 287 g/mol. The Balaban J connectivity index is 2.18. The molecule has 1 aromatic heterocycles. The molecule has 0 saturated carbocycles. The number of ether oxygens (including phenoxy) is 1. The van der Waals surface area contributed by atoms with Gasteiger partial charge in [-0.1, -0.05) is 11.6 Å². The van der Waals surface area contributed by atoms with Crippen LogP contribution in [-0.4, -0.2) is 25.3 Å². The molecule has 0 unspecified atom stereocenters. The van der Waals surface area contributed by atoms with Crippen molar-refractivity contribution in [2.24, 2.45) is 0 Å². The fraction of sp³-hybridized carbons (Fsp3) is 0.444. The third-order valence-electron chi connectivity index (χ3n) is 1.59. The molecule has 0 bridgehead atoms. The Morgan fingerprint density at radius 3 is 2.71 bits per heavy atom. The van der Waals surface area contributed by atoms with Gasteiger partial charge >= 0.3 is 6.18 Å². The maximum Gasteiger partial charge on any atom is 0.411 e. The van der Waals surface area contributed by atoms with Gasteiger partial charge in [-0.25, -0.2) is 0 Å². The van der Waals surface area contributed by atoms with Crippen LogP contribution in [0.1, 0.15) is 4.88 Å². The molecule has 1 heterocycles. The molecule has 0 aromatic carbocycles. The fourth-order valence-electron chi connectivity index (χ4n) is 0.943. The molecule has 17 heavy (non-hydrogen) atoms. The minimum atomic E-state index is -4.42. The van der Waals surface area contributed by atoms with Crippen LogP contribution in [0.4, 0.5) is 13.2 Å². The van der Waals surface area contributed by atoms with Crippen LogP contribution in [0, 0.1) is 0 Å². The lowest BCUT2D eigenvalue weighted by molar-refractivity contribution is -0.175. The number of rotatable bonds is 5. The van der Waals surface area contributed by atoms with Gasteiger partial charge in [-0.3, -0.25) is 4.79 Å². The molecule has 0 spiro atoms. The summed E-state index contributed by atoms with van der Waals surface area (Å²) in [7, 11) is 0. The van der Waals surface area contributed by atoms with E-state index >= 15 is 0 Å². The Hall–Kier alpha value is -0.790. The maximum absolute atomic E-state index is 11.7. The zero-order valence-corrected chi connectivity index (χ0v) is 10.1. The van der Waals surface area contributed by atoms with E-state index in [-0.39, 0.29) is 6.54 Å². The van der Waals surface area contributed by atoms with Crippen molar-refractivity contribution in [1.29, 1.82) is 0 Å². The molecule has 0 radical (unpaired) electrons. The van der Waals surface area contributed by atoms with E-state index in [1.807, 2.05) is 0 Å². The summed E-state index contributed by atoms with van der Waals surface area (Å²) in [4.78, 5) is 11.9. The van der Waals surface area contributed by atoms with Crippen molar-refractivity contribution >= 4 is 28.8 Å². The Labute approximate surface area is 105 Å². The van der Waals surface area contributed by atoms with Crippen LogP contribution in [0.15, 0.2) is 12.1 Å². The number of thiophene rings is 1. The van der Waals surface area contributed by atoms with Crippen molar-refractivity contribution in [1.82, 2.24) is 5.32 Å². The van der Waals surface area contributed by atoms with E-state index in [0.717, 1.165) is 4.88 Å². The van der Waals surface area contributed by atoms with Crippen molar-refractivity contribution in [2.75, 3.05) is 13.2 Å². The highest BCUT2D eigenvalue weighted by molar-refractivity contribution is 7.16. The van der Waals surface area contributed by atoms with Gasteiger partial charge in [-0.2, -0.15) is 13.2 Å². The van der Waals surface area contributed by atoms with Crippen molar-refractivity contribution in [3.05, 3.63) is 21.3 Å². The first-order chi connectivity index (χ1) is 7.87. The second-order valence-corrected chi connectivity index (χ2v) is 4.89. The number of halogens is 4. The molecule has 0 atom stereocenters. The highest BCUT2D eigenvalue weighted by atomic mass is 35.5.